The van der Waals surface area contributed by atoms with Gasteiger partial charge >= 0.3 is 17.9 Å². The van der Waals surface area contributed by atoms with Crippen LogP contribution in [0.1, 0.15) is 194 Å². The summed E-state index contributed by atoms with van der Waals surface area (Å²) in [6.45, 7) is 4.48. The van der Waals surface area contributed by atoms with E-state index in [0.29, 0.717) is 19.3 Å². The second kappa shape index (κ2) is 46.8. The maximum absolute atomic E-state index is 12.8. The molecule has 0 aromatic heterocycles. The van der Waals surface area contributed by atoms with Crippen LogP contribution in [0, 0.1) is 0 Å². The van der Waals surface area contributed by atoms with E-state index >= 15 is 0 Å². The Morgan fingerprint density at radius 3 is 1.20 bits per heavy atom. The summed E-state index contributed by atoms with van der Waals surface area (Å²) >= 11 is 0. The number of carboxylic acid groups (broad SMARTS) is 1. The molecule has 8 heteroatoms. The van der Waals surface area contributed by atoms with Crippen LogP contribution in [0.3, 0.4) is 0 Å². The summed E-state index contributed by atoms with van der Waals surface area (Å²) in [7, 11) is 5.52. The number of carbonyl (C=O) groups excluding carboxylic acids is 2. The lowest BCUT2D eigenvalue weighted by Crippen LogP contribution is -2.50. The Balaban J connectivity index is 4.31. The molecule has 0 aromatic rings. The van der Waals surface area contributed by atoms with Crippen molar-refractivity contribution < 1.29 is 38.2 Å². The third kappa shape index (κ3) is 45.2. The van der Waals surface area contributed by atoms with Crippen molar-refractivity contribution in [3.05, 3.63) is 97.2 Å². The molecule has 2 unspecified atom stereocenters. The molecule has 65 heavy (non-hydrogen) atoms. The van der Waals surface area contributed by atoms with Crippen molar-refractivity contribution in [3.63, 3.8) is 0 Å². The van der Waals surface area contributed by atoms with Gasteiger partial charge in [0.05, 0.1) is 34.4 Å². The summed E-state index contributed by atoms with van der Waals surface area (Å²) in [5.74, 6) is -1.51. The molecular formula is C57H96NO7+. The van der Waals surface area contributed by atoms with Crippen LogP contribution < -0.4 is 0 Å². The Bertz CT molecular complexity index is 1380. The third-order valence-corrected chi connectivity index (χ3v) is 11.0. The zero-order valence-corrected chi connectivity index (χ0v) is 42.2. The highest BCUT2D eigenvalue weighted by Crippen LogP contribution is 2.15. The monoisotopic (exact) mass is 907 g/mol. The fraction of sp³-hybridized carbons (Fsp3) is 0.667. The first-order chi connectivity index (χ1) is 31.6. The van der Waals surface area contributed by atoms with Crippen molar-refractivity contribution in [2.24, 2.45) is 0 Å². The van der Waals surface area contributed by atoms with Crippen molar-refractivity contribution in [1.29, 1.82) is 0 Å². The highest BCUT2D eigenvalue weighted by atomic mass is 16.6. The lowest BCUT2D eigenvalue weighted by Gasteiger charge is -2.31. The zero-order chi connectivity index (χ0) is 47.7. The summed E-state index contributed by atoms with van der Waals surface area (Å²) in [4.78, 5) is 37.2. The number of carbonyl (C=O) groups is 3. The van der Waals surface area contributed by atoms with Gasteiger partial charge in [0.25, 0.3) is 0 Å². The summed E-state index contributed by atoms with van der Waals surface area (Å²) in [6, 6.07) is -0.625. The number of esters is 2. The highest BCUT2D eigenvalue weighted by molar-refractivity contribution is 5.72. The molecule has 1 N–H and O–H groups in total. The molecule has 0 radical (unpaired) electrons. The molecule has 0 saturated heterocycles. The Labute approximate surface area is 398 Å². The Kier molecular flexibility index (Phi) is 44.1. The fourth-order valence-corrected chi connectivity index (χ4v) is 7.07. The maximum atomic E-state index is 12.8. The van der Waals surface area contributed by atoms with Gasteiger partial charge in [-0.3, -0.25) is 9.59 Å². The number of ether oxygens (including phenoxy) is 3. The maximum Gasteiger partial charge on any atom is 0.362 e. The average molecular weight is 907 g/mol. The standard InChI is InChI=1S/C57H95NO7/c1-6-8-10-12-14-16-18-20-22-24-26-28-30-32-34-36-38-40-42-44-46-48-56(60)65-53(51-63-50-49-54(57(61)62)58(3,4)5)52-64-55(59)47-45-43-41-39-37-35-33-31-29-27-25-23-21-19-17-15-13-11-9-7-2/h8-11,14-17,20-23,27,29,33,35,53-54H,6-7,12-13,18-19,24-26,28,30-32,34,36-52H2,1-5H3/p+1/b10-8+,11-9+,16-14+,17-15+,22-20+,23-21+,29-27+,35-33+. The predicted molar refractivity (Wildman–Crippen MR) is 275 cm³/mol. The number of nitrogens with zero attached hydrogens (tertiary/aromatic N) is 1. The number of allylic oxidation sites excluding steroid dienone is 16. The Hall–Kier alpha value is -3.75. The minimum atomic E-state index is -0.882. The van der Waals surface area contributed by atoms with Crippen LogP contribution in [0.15, 0.2) is 97.2 Å². The molecule has 0 saturated carbocycles. The van der Waals surface area contributed by atoms with E-state index in [4.69, 9.17) is 14.2 Å². The number of hydrogen-bond donors (Lipinski definition) is 1. The van der Waals surface area contributed by atoms with Gasteiger partial charge in [0, 0.05) is 19.3 Å². The lowest BCUT2D eigenvalue weighted by molar-refractivity contribution is -0.887. The third-order valence-electron chi connectivity index (χ3n) is 11.0. The van der Waals surface area contributed by atoms with Gasteiger partial charge in [0.15, 0.2) is 12.1 Å². The van der Waals surface area contributed by atoms with Crippen LogP contribution in [0.25, 0.3) is 0 Å². The summed E-state index contributed by atoms with van der Waals surface area (Å²) in [6.07, 6.45) is 63.1. The molecule has 0 aliphatic carbocycles. The van der Waals surface area contributed by atoms with E-state index in [1.54, 1.807) is 0 Å². The van der Waals surface area contributed by atoms with E-state index in [2.05, 4.69) is 111 Å². The number of unbranched alkanes of at least 4 members (excludes halogenated alkanes) is 15. The molecular weight excluding hydrogens is 811 g/mol. The van der Waals surface area contributed by atoms with E-state index in [0.717, 1.165) is 103 Å². The van der Waals surface area contributed by atoms with E-state index in [1.165, 1.54) is 57.8 Å². The topological polar surface area (TPSA) is 99.1 Å². The number of rotatable bonds is 45. The normalized spacial score (nSPS) is 13.7. The van der Waals surface area contributed by atoms with Crippen LogP contribution in [0.5, 0.6) is 0 Å². The fourth-order valence-electron chi connectivity index (χ4n) is 7.07. The van der Waals surface area contributed by atoms with E-state index in [9.17, 15) is 19.5 Å². The molecule has 2 atom stereocenters. The van der Waals surface area contributed by atoms with E-state index in [1.807, 2.05) is 21.1 Å². The van der Waals surface area contributed by atoms with Crippen LogP contribution >= 0.6 is 0 Å². The number of likely N-dealkylation sites (N-methyl/N-ethyl adjacent to an activating group) is 1. The first-order valence-electron chi connectivity index (χ1n) is 25.8. The van der Waals surface area contributed by atoms with Crippen molar-refractivity contribution in [1.82, 2.24) is 0 Å². The number of quaternary nitrogens is 1. The highest BCUT2D eigenvalue weighted by Gasteiger charge is 2.31. The number of carboxylic acids is 1. The van der Waals surface area contributed by atoms with Crippen molar-refractivity contribution in [2.75, 3.05) is 41.0 Å². The minimum Gasteiger partial charge on any atom is -0.477 e. The second-order valence-electron chi connectivity index (χ2n) is 18.0. The molecule has 0 amide bonds. The molecule has 0 aromatic carbocycles. The molecule has 0 bridgehead atoms. The smallest absolute Gasteiger partial charge is 0.362 e. The zero-order valence-electron chi connectivity index (χ0n) is 42.2. The van der Waals surface area contributed by atoms with E-state index < -0.39 is 18.1 Å². The largest absolute Gasteiger partial charge is 0.477 e. The van der Waals surface area contributed by atoms with Crippen LogP contribution in [-0.2, 0) is 28.6 Å². The Morgan fingerprint density at radius 2 is 0.815 bits per heavy atom. The Morgan fingerprint density at radius 1 is 0.462 bits per heavy atom. The van der Waals surface area contributed by atoms with Gasteiger partial charge in [-0.05, 0) is 89.9 Å². The number of hydrogen-bond acceptors (Lipinski definition) is 6. The van der Waals surface area contributed by atoms with Gasteiger partial charge in [0.1, 0.15) is 6.61 Å². The SMILES string of the molecule is CC/C=C/C/C=C/C/C=C/C/C=C/C/C=C/CCCCCCC(=O)OCC(COCCC(C(=O)O)[N+](C)(C)C)OC(=O)CCCCCCCCCCCCC/C=C/C/C=C/C/C=C/CC. The average Bonchev–Trinajstić information content (AvgIpc) is 3.27. The molecule has 0 fully saturated rings. The molecule has 8 nitrogen and oxygen atoms in total. The van der Waals surface area contributed by atoms with Gasteiger partial charge in [-0.15, -0.1) is 0 Å². The summed E-state index contributed by atoms with van der Waals surface area (Å²) in [5, 5.41) is 9.66. The first kappa shape index (κ1) is 61.2. The quantitative estimate of drug-likeness (QED) is 0.0281. The van der Waals surface area contributed by atoms with Gasteiger partial charge < -0.3 is 23.8 Å². The molecule has 0 heterocycles. The molecule has 0 aliphatic heterocycles. The predicted octanol–water partition coefficient (Wildman–Crippen LogP) is 15.0. The van der Waals surface area contributed by atoms with Crippen molar-refractivity contribution in [2.45, 2.75) is 206 Å². The van der Waals surface area contributed by atoms with Crippen LogP contribution in [0.2, 0.25) is 0 Å². The van der Waals surface area contributed by atoms with Gasteiger partial charge in [-0.25, -0.2) is 4.79 Å². The first-order valence-corrected chi connectivity index (χ1v) is 25.8. The molecule has 0 aliphatic rings. The summed E-state index contributed by atoms with van der Waals surface area (Å²) in [5.41, 5.74) is 0. The van der Waals surface area contributed by atoms with Gasteiger partial charge in [-0.1, -0.05) is 182 Å². The molecule has 0 rings (SSSR count). The lowest BCUT2D eigenvalue weighted by atomic mass is 10.0. The molecule has 0 spiro atoms. The van der Waals surface area contributed by atoms with Crippen molar-refractivity contribution in [3.8, 4) is 0 Å². The molecule has 370 valence electrons. The van der Waals surface area contributed by atoms with Crippen LogP contribution in [-0.4, -0.2) is 80.6 Å². The number of aliphatic carboxylic acids is 1. The summed E-state index contributed by atoms with van der Waals surface area (Å²) < 4.78 is 17.3. The minimum absolute atomic E-state index is 0.0464. The van der Waals surface area contributed by atoms with Crippen LogP contribution in [0.4, 0.5) is 0 Å². The van der Waals surface area contributed by atoms with Gasteiger partial charge in [0.2, 0.25) is 0 Å². The second-order valence-corrected chi connectivity index (χ2v) is 18.0. The van der Waals surface area contributed by atoms with Crippen molar-refractivity contribution >= 4 is 17.9 Å². The van der Waals surface area contributed by atoms with E-state index in [-0.39, 0.29) is 36.2 Å². The van der Waals surface area contributed by atoms with Gasteiger partial charge in [-0.2, -0.15) is 0 Å².